The maximum absolute atomic E-state index is 6.22. The molecule has 3 fully saturated rings. The summed E-state index contributed by atoms with van der Waals surface area (Å²) in [5, 5.41) is 0. The Morgan fingerprint density at radius 1 is 0.667 bits per heavy atom. The van der Waals surface area contributed by atoms with Crippen molar-refractivity contribution in [1.29, 1.82) is 0 Å². The molecule has 24 heavy (non-hydrogen) atoms. The van der Waals surface area contributed by atoms with Crippen molar-refractivity contribution in [2.45, 2.75) is 97.2 Å². The van der Waals surface area contributed by atoms with Crippen LogP contribution in [0, 0.1) is 29.6 Å². The molecule has 0 amide bonds. The van der Waals surface area contributed by atoms with Crippen LogP contribution in [0.15, 0.2) is 0 Å². The zero-order chi connectivity index (χ0) is 16.8. The van der Waals surface area contributed by atoms with E-state index < -0.39 is 0 Å². The predicted molar refractivity (Wildman–Crippen MR) is 99.9 cm³/mol. The van der Waals surface area contributed by atoms with Gasteiger partial charge in [-0.2, -0.15) is 0 Å². The molecule has 0 aromatic rings. The summed E-state index contributed by atoms with van der Waals surface area (Å²) in [6.45, 7) is 6.57. The molecule has 140 valence electrons. The summed E-state index contributed by atoms with van der Waals surface area (Å²) < 4.78 is 12.4. The molecule has 1 saturated heterocycles. The number of hydrogen-bond donors (Lipinski definition) is 0. The summed E-state index contributed by atoms with van der Waals surface area (Å²) in [6, 6.07) is 0. The first-order chi connectivity index (χ1) is 11.8. The predicted octanol–water partition coefficient (Wildman–Crippen LogP) is 6.19. The number of ether oxygens (including phenoxy) is 2. The molecular formula is C22H40O2. The Kier molecular flexibility index (Phi) is 7.46. The molecule has 0 unspecified atom stereocenters. The average Bonchev–Trinajstić information content (AvgIpc) is 2.67. The van der Waals surface area contributed by atoms with Crippen LogP contribution in [0.2, 0.25) is 0 Å². The Labute approximate surface area is 150 Å². The molecule has 0 radical (unpaired) electrons. The molecule has 1 aliphatic heterocycles. The van der Waals surface area contributed by atoms with Gasteiger partial charge < -0.3 is 9.47 Å². The molecule has 0 spiro atoms. The summed E-state index contributed by atoms with van der Waals surface area (Å²) in [5.74, 6) is 4.16. The van der Waals surface area contributed by atoms with Crippen molar-refractivity contribution >= 4 is 0 Å². The fourth-order valence-electron chi connectivity index (χ4n) is 5.39. The smallest absolute Gasteiger partial charge is 0.160 e. The fourth-order valence-corrected chi connectivity index (χ4v) is 5.39. The van der Waals surface area contributed by atoms with Gasteiger partial charge in [0.2, 0.25) is 0 Å². The van der Waals surface area contributed by atoms with E-state index in [9.17, 15) is 0 Å². The average molecular weight is 337 g/mol. The summed E-state index contributed by atoms with van der Waals surface area (Å²) in [7, 11) is 0. The first-order valence-corrected chi connectivity index (χ1v) is 11.0. The summed E-state index contributed by atoms with van der Waals surface area (Å²) in [6.07, 6.45) is 16.8. The molecular weight excluding hydrogens is 296 g/mol. The van der Waals surface area contributed by atoms with Crippen molar-refractivity contribution in [1.82, 2.24) is 0 Å². The van der Waals surface area contributed by atoms with Gasteiger partial charge in [0.25, 0.3) is 0 Å². The van der Waals surface area contributed by atoms with Gasteiger partial charge in [-0.3, -0.25) is 0 Å². The third-order valence-corrected chi connectivity index (χ3v) is 7.33. The van der Waals surface area contributed by atoms with Gasteiger partial charge in [0.05, 0.1) is 13.2 Å². The first kappa shape index (κ1) is 18.7. The van der Waals surface area contributed by atoms with Gasteiger partial charge in [0.1, 0.15) is 0 Å². The lowest BCUT2D eigenvalue weighted by Gasteiger charge is -2.41. The zero-order valence-corrected chi connectivity index (χ0v) is 16.2. The normalized spacial score (nSPS) is 41.2. The van der Waals surface area contributed by atoms with E-state index in [1.54, 1.807) is 0 Å². The molecule has 3 rings (SSSR count). The Balaban J connectivity index is 1.35. The van der Waals surface area contributed by atoms with Crippen molar-refractivity contribution in [3.05, 3.63) is 0 Å². The highest BCUT2D eigenvalue weighted by Gasteiger charge is 2.35. The molecule has 0 aromatic heterocycles. The zero-order valence-electron chi connectivity index (χ0n) is 16.2. The highest BCUT2D eigenvalue weighted by molar-refractivity contribution is 4.81. The van der Waals surface area contributed by atoms with Gasteiger partial charge in [-0.25, -0.2) is 0 Å². The summed E-state index contributed by atoms with van der Waals surface area (Å²) >= 11 is 0. The van der Waals surface area contributed by atoms with Crippen LogP contribution in [0.1, 0.15) is 90.9 Å². The fraction of sp³-hybridized carbons (Fsp3) is 1.00. The van der Waals surface area contributed by atoms with Gasteiger partial charge in [-0.15, -0.1) is 0 Å². The van der Waals surface area contributed by atoms with Gasteiger partial charge >= 0.3 is 0 Å². The maximum Gasteiger partial charge on any atom is 0.160 e. The van der Waals surface area contributed by atoms with E-state index in [4.69, 9.17) is 9.47 Å². The van der Waals surface area contributed by atoms with Crippen LogP contribution < -0.4 is 0 Å². The largest absolute Gasteiger partial charge is 0.352 e. The van der Waals surface area contributed by atoms with Crippen LogP contribution in [-0.2, 0) is 9.47 Å². The van der Waals surface area contributed by atoms with Crippen LogP contribution in [0.3, 0.4) is 0 Å². The highest BCUT2D eigenvalue weighted by atomic mass is 16.7. The van der Waals surface area contributed by atoms with Crippen molar-refractivity contribution < 1.29 is 9.47 Å². The van der Waals surface area contributed by atoms with Crippen LogP contribution in [0.4, 0.5) is 0 Å². The molecule has 3 aliphatic rings. The van der Waals surface area contributed by atoms with E-state index in [0.717, 1.165) is 31.0 Å². The number of hydrogen-bond acceptors (Lipinski definition) is 2. The molecule has 0 aromatic carbocycles. The SMILES string of the molecule is CCCCC1CCC(C2COC(C3CCC(CC)CC3)OC2)CC1. The van der Waals surface area contributed by atoms with Crippen molar-refractivity contribution in [3.8, 4) is 0 Å². The van der Waals surface area contributed by atoms with Crippen molar-refractivity contribution in [2.24, 2.45) is 29.6 Å². The van der Waals surface area contributed by atoms with Crippen LogP contribution in [0.5, 0.6) is 0 Å². The monoisotopic (exact) mass is 336 g/mol. The minimum absolute atomic E-state index is 0.111. The van der Waals surface area contributed by atoms with E-state index in [-0.39, 0.29) is 6.29 Å². The van der Waals surface area contributed by atoms with Crippen molar-refractivity contribution in [3.63, 3.8) is 0 Å². The Bertz CT molecular complexity index is 332. The van der Waals surface area contributed by atoms with E-state index in [0.29, 0.717) is 11.8 Å². The first-order valence-electron chi connectivity index (χ1n) is 11.0. The minimum Gasteiger partial charge on any atom is -0.352 e. The number of rotatable bonds is 6. The molecule has 2 aliphatic carbocycles. The van der Waals surface area contributed by atoms with E-state index in [1.165, 1.54) is 77.0 Å². The Hall–Kier alpha value is -0.0800. The second kappa shape index (κ2) is 9.57. The molecule has 2 heteroatoms. The maximum atomic E-state index is 6.22. The molecule has 1 heterocycles. The topological polar surface area (TPSA) is 18.5 Å². The standard InChI is InChI=1S/C22H40O2/c1-3-5-6-18-9-11-19(12-10-18)21-15-23-22(24-16-21)20-13-7-17(4-2)8-14-20/h17-22H,3-16H2,1-2H3. The van der Waals surface area contributed by atoms with Gasteiger partial charge in [0, 0.05) is 11.8 Å². The Morgan fingerprint density at radius 3 is 1.83 bits per heavy atom. The van der Waals surface area contributed by atoms with E-state index in [2.05, 4.69) is 13.8 Å². The van der Waals surface area contributed by atoms with E-state index >= 15 is 0 Å². The summed E-state index contributed by atoms with van der Waals surface area (Å²) in [4.78, 5) is 0. The van der Waals surface area contributed by atoms with Crippen molar-refractivity contribution in [2.75, 3.05) is 13.2 Å². The number of unbranched alkanes of at least 4 members (excludes halogenated alkanes) is 1. The third kappa shape index (κ3) is 4.97. The second-order valence-corrected chi connectivity index (χ2v) is 8.91. The third-order valence-electron chi connectivity index (χ3n) is 7.33. The van der Waals surface area contributed by atoms with Gasteiger partial charge in [-0.1, -0.05) is 65.2 Å². The lowest BCUT2D eigenvalue weighted by Crippen LogP contribution is -2.41. The van der Waals surface area contributed by atoms with Gasteiger partial charge in [-0.05, 0) is 43.4 Å². The minimum atomic E-state index is 0.111. The van der Waals surface area contributed by atoms with Gasteiger partial charge in [0.15, 0.2) is 6.29 Å². The quantitative estimate of drug-likeness (QED) is 0.576. The lowest BCUT2D eigenvalue weighted by atomic mass is 9.74. The Morgan fingerprint density at radius 2 is 1.25 bits per heavy atom. The highest BCUT2D eigenvalue weighted by Crippen LogP contribution is 2.39. The summed E-state index contributed by atoms with van der Waals surface area (Å²) in [5.41, 5.74) is 0. The molecule has 0 N–H and O–H groups in total. The lowest BCUT2D eigenvalue weighted by molar-refractivity contribution is -0.237. The molecule has 0 bridgehead atoms. The van der Waals surface area contributed by atoms with Crippen LogP contribution in [0.25, 0.3) is 0 Å². The van der Waals surface area contributed by atoms with Crippen LogP contribution in [-0.4, -0.2) is 19.5 Å². The van der Waals surface area contributed by atoms with E-state index in [1.807, 2.05) is 0 Å². The molecule has 2 saturated carbocycles. The molecule has 0 atom stereocenters. The second-order valence-electron chi connectivity index (χ2n) is 8.91. The van der Waals surface area contributed by atoms with Crippen LogP contribution >= 0.6 is 0 Å². The molecule has 2 nitrogen and oxygen atoms in total.